The summed E-state index contributed by atoms with van der Waals surface area (Å²) in [6.07, 6.45) is 12.3. The Morgan fingerprint density at radius 2 is 2.10 bits per heavy atom. The maximum Gasteiger partial charge on any atom is 0.222 e. The number of allylic oxidation sites excluding steroid dienone is 3. The van der Waals surface area contributed by atoms with Crippen molar-refractivity contribution in [2.24, 2.45) is 0 Å². The average molecular weight is 562 g/mol. The van der Waals surface area contributed by atoms with E-state index in [2.05, 4.69) is 33.0 Å². The number of ether oxygens (including phenoxy) is 1. The third kappa shape index (κ3) is 6.51. The zero-order chi connectivity index (χ0) is 28.3. The second-order valence-corrected chi connectivity index (χ2v) is 12.0. The molecule has 3 heterocycles. The van der Waals surface area contributed by atoms with E-state index in [0.717, 1.165) is 84.1 Å². The molecule has 1 N–H and O–H groups in total. The van der Waals surface area contributed by atoms with Gasteiger partial charge in [-0.3, -0.25) is 9.78 Å². The molecule has 2 aromatic rings. The van der Waals surface area contributed by atoms with E-state index < -0.39 is 5.60 Å². The first-order chi connectivity index (χ1) is 19.2. The van der Waals surface area contributed by atoms with E-state index in [-0.39, 0.29) is 11.9 Å². The first-order valence-electron chi connectivity index (χ1n) is 14.4. The second-order valence-electron chi connectivity index (χ2n) is 11.5. The molecule has 1 fully saturated rings. The lowest BCUT2D eigenvalue weighted by atomic mass is 9.90. The lowest BCUT2D eigenvalue weighted by molar-refractivity contribution is -0.132. The number of aromatic nitrogens is 1. The maximum absolute atomic E-state index is 12.9. The SMILES string of the molecule is CCC(=O)N(CC1=CC=C(Cl)CC1)[C@H]1CCN(CC/C=C2/c3cc(C(C)(C)O)ccc3OCc3ncccc32)C1. The number of halogens is 1. The molecule has 40 heavy (non-hydrogen) atoms. The van der Waals surface area contributed by atoms with Crippen molar-refractivity contribution in [2.75, 3.05) is 26.2 Å². The molecule has 0 unspecified atom stereocenters. The third-order valence-electron chi connectivity index (χ3n) is 8.18. The lowest BCUT2D eigenvalue weighted by Gasteiger charge is -2.30. The molecule has 2 aliphatic heterocycles. The van der Waals surface area contributed by atoms with Crippen molar-refractivity contribution >= 4 is 23.1 Å². The van der Waals surface area contributed by atoms with Gasteiger partial charge in [-0.15, -0.1) is 0 Å². The Morgan fingerprint density at radius 1 is 1.25 bits per heavy atom. The standard InChI is InChI=1S/C33H40ClN3O3/c1-4-32(38)37(20-23-9-12-25(34)13-10-23)26-15-18-36(21-26)17-6-8-27-28-7-5-16-35-30(28)22-40-31-14-11-24(19-29(27)31)33(2,3)39/h5,7-9,11-12,14,16,19,26,39H,4,6,10,13,15,17-18,20-22H2,1-3H3/b27-8+/t26-/m0/s1. The number of hydrogen-bond acceptors (Lipinski definition) is 5. The minimum absolute atomic E-state index is 0.220. The number of hydrogen-bond donors (Lipinski definition) is 1. The van der Waals surface area contributed by atoms with Crippen LogP contribution in [0.5, 0.6) is 5.75 Å². The van der Waals surface area contributed by atoms with Crippen molar-refractivity contribution in [3.8, 4) is 5.75 Å². The molecule has 1 saturated heterocycles. The molecular formula is C33H40ClN3O3. The fourth-order valence-corrected chi connectivity index (χ4v) is 6.00. The fourth-order valence-electron chi connectivity index (χ4n) is 5.85. The maximum atomic E-state index is 12.9. The monoisotopic (exact) mass is 561 g/mol. The number of carbonyl (C=O) groups is 1. The van der Waals surface area contributed by atoms with Crippen molar-refractivity contribution in [1.82, 2.24) is 14.8 Å². The third-order valence-corrected chi connectivity index (χ3v) is 8.50. The highest BCUT2D eigenvalue weighted by Gasteiger charge is 2.30. The average Bonchev–Trinajstić information content (AvgIpc) is 3.35. The summed E-state index contributed by atoms with van der Waals surface area (Å²) >= 11 is 6.15. The summed E-state index contributed by atoms with van der Waals surface area (Å²) in [5.74, 6) is 1.03. The fraction of sp³-hybridized carbons (Fsp3) is 0.455. The van der Waals surface area contributed by atoms with Crippen LogP contribution in [-0.4, -0.2) is 58.0 Å². The molecule has 1 amide bonds. The second kappa shape index (κ2) is 12.3. The number of amides is 1. The number of carbonyl (C=O) groups excluding carboxylic acids is 1. The van der Waals surface area contributed by atoms with Gasteiger partial charge in [0.1, 0.15) is 12.4 Å². The quantitative estimate of drug-likeness (QED) is 0.417. The molecule has 0 radical (unpaired) electrons. The zero-order valence-electron chi connectivity index (χ0n) is 23.8. The van der Waals surface area contributed by atoms with Gasteiger partial charge in [0.05, 0.1) is 11.3 Å². The van der Waals surface area contributed by atoms with Crippen molar-refractivity contribution in [1.29, 1.82) is 0 Å². The molecule has 0 saturated carbocycles. The van der Waals surface area contributed by atoms with Crippen LogP contribution >= 0.6 is 11.6 Å². The molecular weight excluding hydrogens is 522 g/mol. The smallest absolute Gasteiger partial charge is 0.222 e. The van der Waals surface area contributed by atoms with Crippen LogP contribution in [0.2, 0.25) is 0 Å². The Hall–Kier alpha value is -2.93. The summed E-state index contributed by atoms with van der Waals surface area (Å²) in [5, 5.41) is 11.6. The number of pyridine rings is 1. The molecule has 1 aromatic carbocycles. The van der Waals surface area contributed by atoms with E-state index in [9.17, 15) is 9.90 Å². The molecule has 1 aliphatic carbocycles. The molecule has 3 aliphatic rings. The van der Waals surface area contributed by atoms with Crippen LogP contribution in [0.15, 0.2) is 65.4 Å². The number of nitrogens with zero attached hydrogens (tertiary/aromatic N) is 3. The van der Waals surface area contributed by atoms with Crippen LogP contribution in [0.25, 0.3) is 5.57 Å². The minimum atomic E-state index is -0.952. The number of likely N-dealkylation sites (tertiary alicyclic amines) is 1. The Labute approximate surface area is 243 Å². The van der Waals surface area contributed by atoms with Gasteiger partial charge in [0.2, 0.25) is 5.91 Å². The number of benzene rings is 1. The van der Waals surface area contributed by atoms with Crippen molar-refractivity contribution in [2.45, 2.75) is 71.1 Å². The molecule has 6 nitrogen and oxygen atoms in total. The molecule has 0 bridgehead atoms. The number of aliphatic hydroxyl groups is 1. The first kappa shape index (κ1) is 28.6. The van der Waals surface area contributed by atoms with Crippen LogP contribution < -0.4 is 4.74 Å². The topological polar surface area (TPSA) is 65.9 Å². The van der Waals surface area contributed by atoms with E-state index in [1.165, 1.54) is 5.57 Å². The van der Waals surface area contributed by atoms with Crippen LogP contribution in [0.3, 0.4) is 0 Å². The Kier molecular flexibility index (Phi) is 8.79. The summed E-state index contributed by atoms with van der Waals surface area (Å²) in [7, 11) is 0. The highest BCUT2D eigenvalue weighted by molar-refractivity contribution is 6.29. The highest BCUT2D eigenvalue weighted by atomic mass is 35.5. The summed E-state index contributed by atoms with van der Waals surface area (Å²) in [6.45, 7) is 9.44. The lowest BCUT2D eigenvalue weighted by Crippen LogP contribution is -2.43. The van der Waals surface area contributed by atoms with E-state index in [0.29, 0.717) is 19.6 Å². The van der Waals surface area contributed by atoms with Crippen LogP contribution in [-0.2, 0) is 17.0 Å². The van der Waals surface area contributed by atoms with Gasteiger partial charge in [-0.05, 0) is 74.9 Å². The van der Waals surface area contributed by atoms with Gasteiger partial charge >= 0.3 is 0 Å². The molecule has 0 spiro atoms. The van der Waals surface area contributed by atoms with Gasteiger partial charge in [0, 0.05) is 61.0 Å². The largest absolute Gasteiger partial charge is 0.487 e. The summed E-state index contributed by atoms with van der Waals surface area (Å²) in [6, 6.07) is 10.2. The molecule has 1 aromatic heterocycles. The molecule has 212 valence electrons. The predicted octanol–water partition coefficient (Wildman–Crippen LogP) is 6.18. The van der Waals surface area contributed by atoms with Crippen molar-refractivity contribution in [3.05, 3.63) is 87.7 Å². The summed E-state index contributed by atoms with van der Waals surface area (Å²) in [5.41, 5.74) is 5.24. The minimum Gasteiger partial charge on any atom is -0.487 e. The Balaban J connectivity index is 1.32. The zero-order valence-corrected chi connectivity index (χ0v) is 24.6. The van der Waals surface area contributed by atoms with Gasteiger partial charge in [-0.2, -0.15) is 0 Å². The van der Waals surface area contributed by atoms with E-state index in [1.807, 2.05) is 37.3 Å². The van der Waals surface area contributed by atoms with Crippen LogP contribution in [0, 0.1) is 0 Å². The Bertz CT molecular complexity index is 1340. The molecule has 7 heteroatoms. The molecule has 1 atom stereocenters. The highest BCUT2D eigenvalue weighted by Crippen LogP contribution is 2.38. The van der Waals surface area contributed by atoms with Gasteiger partial charge < -0.3 is 19.6 Å². The first-order valence-corrected chi connectivity index (χ1v) is 14.8. The van der Waals surface area contributed by atoms with E-state index in [4.69, 9.17) is 16.3 Å². The predicted molar refractivity (Wildman–Crippen MR) is 160 cm³/mol. The summed E-state index contributed by atoms with van der Waals surface area (Å²) in [4.78, 5) is 22.1. The number of rotatable bonds is 8. The van der Waals surface area contributed by atoms with Crippen molar-refractivity contribution < 1.29 is 14.6 Å². The van der Waals surface area contributed by atoms with Gasteiger partial charge in [-0.25, -0.2) is 0 Å². The normalized spacial score (nSPS) is 20.2. The van der Waals surface area contributed by atoms with Crippen molar-refractivity contribution in [3.63, 3.8) is 0 Å². The van der Waals surface area contributed by atoms with Gasteiger partial charge in [0.15, 0.2) is 0 Å². The summed E-state index contributed by atoms with van der Waals surface area (Å²) < 4.78 is 6.15. The van der Waals surface area contributed by atoms with Gasteiger partial charge in [0.25, 0.3) is 0 Å². The van der Waals surface area contributed by atoms with E-state index >= 15 is 0 Å². The van der Waals surface area contributed by atoms with Gasteiger partial charge in [-0.1, -0.05) is 48.4 Å². The number of fused-ring (bicyclic) bond motifs is 2. The van der Waals surface area contributed by atoms with E-state index in [1.54, 1.807) is 20.0 Å². The van der Waals surface area contributed by atoms with Crippen LogP contribution in [0.4, 0.5) is 0 Å². The molecule has 5 rings (SSSR count). The van der Waals surface area contributed by atoms with Crippen LogP contribution in [0.1, 0.15) is 75.3 Å². The Morgan fingerprint density at radius 3 is 2.85 bits per heavy atom.